The minimum absolute atomic E-state index is 0.0279. The molecule has 0 aliphatic carbocycles. The Kier molecular flexibility index (Phi) is 9.88. The number of nitrogens with one attached hydrogen (secondary N) is 1. The van der Waals surface area contributed by atoms with E-state index in [0.29, 0.717) is 13.0 Å². The third kappa shape index (κ3) is 7.73. The van der Waals surface area contributed by atoms with Crippen molar-refractivity contribution in [1.29, 1.82) is 0 Å². The molecule has 202 valence electrons. The van der Waals surface area contributed by atoms with Crippen LogP contribution in [0.4, 0.5) is 0 Å². The lowest BCUT2D eigenvalue weighted by Crippen LogP contribution is -2.50. The number of ether oxygens (including phenoxy) is 4. The highest BCUT2D eigenvalue weighted by molar-refractivity contribution is 5.87. The van der Waals surface area contributed by atoms with Crippen LogP contribution in [0.2, 0.25) is 0 Å². The van der Waals surface area contributed by atoms with Gasteiger partial charge in [0, 0.05) is 19.6 Å². The normalized spacial score (nSPS) is 37.9. The van der Waals surface area contributed by atoms with Gasteiger partial charge in [0.1, 0.15) is 17.8 Å². The molecule has 0 unspecified atom stereocenters. The molecule has 9 atom stereocenters. The Balaban J connectivity index is 1.51. The highest BCUT2D eigenvalue weighted by atomic mass is 16.6. The number of epoxide rings is 1. The minimum atomic E-state index is -0.930. The first-order valence-corrected chi connectivity index (χ1v) is 12.7. The maximum atomic E-state index is 12.2. The van der Waals surface area contributed by atoms with E-state index in [-0.39, 0.29) is 42.6 Å². The standard InChI is InChI=1S/C27H41NO8/c1-16(7-10-23-26(32)27(15-34-27)14-20(36-23)13-25(30)31)6-9-22-17(2)12-21(19(4)35-22)28-24(29)11-8-18(3)33-5/h6-8,10-11,17-23,26,32H,9,12-15H2,1-5H3,(H,28,29)(H,30,31)/t17-,18-,19+,20+,21+,22-,23+,26+,27+/m0/s1. The third-order valence-corrected chi connectivity index (χ3v) is 7.35. The van der Waals surface area contributed by atoms with Crippen molar-refractivity contribution in [3.8, 4) is 0 Å². The van der Waals surface area contributed by atoms with Crippen molar-refractivity contribution in [3.63, 3.8) is 0 Å². The van der Waals surface area contributed by atoms with Gasteiger partial charge in [0.2, 0.25) is 5.91 Å². The quantitative estimate of drug-likeness (QED) is 0.234. The molecule has 1 spiro atoms. The number of allylic oxidation sites excluding steroid dienone is 2. The van der Waals surface area contributed by atoms with Crippen LogP contribution in [0.5, 0.6) is 0 Å². The summed E-state index contributed by atoms with van der Waals surface area (Å²) in [7, 11) is 1.60. The van der Waals surface area contributed by atoms with Crippen molar-refractivity contribution in [3.05, 3.63) is 36.0 Å². The molecule has 0 aromatic carbocycles. The summed E-state index contributed by atoms with van der Waals surface area (Å²) in [5, 5.41) is 22.8. The van der Waals surface area contributed by atoms with Crippen molar-refractivity contribution in [1.82, 2.24) is 5.32 Å². The van der Waals surface area contributed by atoms with Gasteiger partial charge in [0.25, 0.3) is 0 Å². The SMILES string of the molecule is CO[C@@H](C)C=CC(=O)N[C@@H]1C[C@H](C)[C@H](CC=C(C)C=C[C@H]2O[C@H](CC(=O)O)C[C@@]3(CO3)[C@@H]2O)O[C@@H]1C. The number of carboxylic acids is 1. The van der Waals surface area contributed by atoms with Crippen LogP contribution in [-0.2, 0) is 28.5 Å². The number of hydrogen-bond donors (Lipinski definition) is 3. The van der Waals surface area contributed by atoms with Gasteiger partial charge in [-0.2, -0.15) is 0 Å². The molecule has 0 aromatic heterocycles. The molecule has 3 heterocycles. The lowest BCUT2D eigenvalue weighted by Gasteiger charge is -2.39. The molecule has 3 saturated heterocycles. The molecule has 3 fully saturated rings. The second kappa shape index (κ2) is 12.5. The Hall–Kier alpha value is -2.04. The molecule has 3 aliphatic rings. The highest BCUT2D eigenvalue weighted by Gasteiger charge is 2.58. The topological polar surface area (TPSA) is 127 Å². The minimum Gasteiger partial charge on any atom is -0.481 e. The lowest BCUT2D eigenvalue weighted by molar-refractivity contribution is -0.155. The fourth-order valence-electron chi connectivity index (χ4n) is 4.86. The summed E-state index contributed by atoms with van der Waals surface area (Å²) in [5.74, 6) is -0.823. The molecule has 3 aliphatic heterocycles. The monoisotopic (exact) mass is 507 g/mol. The number of aliphatic hydroxyl groups excluding tert-OH is 1. The van der Waals surface area contributed by atoms with Crippen LogP contribution in [0.25, 0.3) is 0 Å². The predicted molar refractivity (Wildman–Crippen MR) is 133 cm³/mol. The number of amides is 1. The Morgan fingerprint density at radius 3 is 2.61 bits per heavy atom. The summed E-state index contributed by atoms with van der Waals surface area (Å²) < 4.78 is 22.7. The van der Waals surface area contributed by atoms with Gasteiger partial charge in [-0.3, -0.25) is 9.59 Å². The zero-order chi connectivity index (χ0) is 26.5. The van der Waals surface area contributed by atoms with Gasteiger partial charge in [-0.15, -0.1) is 0 Å². The van der Waals surface area contributed by atoms with Gasteiger partial charge >= 0.3 is 5.97 Å². The van der Waals surface area contributed by atoms with Gasteiger partial charge in [-0.05, 0) is 39.5 Å². The fourth-order valence-corrected chi connectivity index (χ4v) is 4.86. The average molecular weight is 508 g/mol. The maximum absolute atomic E-state index is 12.2. The van der Waals surface area contributed by atoms with Crippen molar-refractivity contribution in [2.75, 3.05) is 13.7 Å². The summed E-state index contributed by atoms with van der Waals surface area (Å²) in [4.78, 5) is 23.4. The highest BCUT2D eigenvalue weighted by Crippen LogP contribution is 2.43. The number of carboxylic acid groups (broad SMARTS) is 1. The first-order valence-electron chi connectivity index (χ1n) is 12.7. The Bertz CT molecular complexity index is 864. The molecular weight excluding hydrogens is 466 g/mol. The number of carbonyl (C=O) groups excluding carboxylic acids is 1. The number of carbonyl (C=O) groups is 2. The molecule has 0 saturated carbocycles. The number of aliphatic hydroxyl groups is 1. The molecule has 3 N–H and O–H groups in total. The van der Waals surface area contributed by atoms with Crippen LogP contribution in [0.1, 0.15) is 53.4 Å². The molecule has 9 nitrogen and oxygen atoms in total. The van der Waals surface area contributed by atoms with Crippen LogP contribution in [0.3, 0.4) is 0 Å². The summed E-state index contributed by atoms with van der Waals surface area (Å²) in [6.45, 7) is 8.36. The Labute approximate surface area is 213 Å². The van der Waals surface area contributed by atoms with E-state index in [0.717, 1.165) is 18.4 Å². The second-order valence-electron chi connectivity index (χ2n) is 10.4. The maximum Gasteiger partial charge on any atom is 0.305 e. The fraction of sp³-hybridized carbons (Fsp3) is 0.704. The van der Waals surface area contributed by atoms with Crippen molar-refractivity contribution >= 4 is 11.9 Å². The molecule has 0 aromatic rings. The Morgan fingerprint density at radius 2 is 1.97 bits per heavy atom. The van der Waals surface area contributed by atoms with E-state index in [9.17, 15) is 14.7 Å². The zero-order valence-corrected chi connectivity index (χ0v) is 21.9. The van der Waals surface area contributed by atoms with E-state index in [1.54, 1.807) is 19.3 Å². The lowest BCUT2D eigenvalue weighted by atomic mass is 9.87. The molecule has 0 bridgehead atoms. The summed E-state index contributed by atoms with van der Waals surface area (Å²) in [6.07, 6.45) is 8.66. The third-order valence-electron chi connectivity index (χ3n) is 7.35. The van der Waals surface area contributed by atoms with Crippen LogP contribution in [0, 0.1) is 5.92 Å². The Morgan fingerprint density at radius 1 is 1.25 bits per heavy atom. The van der Waals surface area contributed by atoms with Gasteiger partial charge < -0.3 is 34.5 Å². The first-order chi connectivity index (χ1) is 17.0. The summed E-state index contributed by atoms with van der Waals surface area (Å²) >= 11 is 0. The average Bonchev–Trinajstić information content (AvgIpc) is 3.59. The number of hydrogen-bond acceptors (Lipinski definition) is 7. The van der Waals surface area contributed by atoms with Crippen molar-refractivity contribution < 1.29 is 38.7 Å². The van der Waals surface area contributed by atoms with Crippen LogP contribution < -0.4 is 5.32 Å². The van der Waals surface area contributed by atoms with E-state index < -0.39 is 29.9 Å². The van der Waals surface area contributed by atoms with Crippen LogP contribution >= 0.6 is 0 Å². The smallest absolute Gasteiger partial charge is 0.305 e. The van der Waals surface area contributed by atoms with E-state index in [1.165, 1.54) is 6.08 Å². The zero-order valence-electron chi connectivity index (χ0n) is 21.9. The molecule has 0 radical (unpaired) electrons. The van der Waals surface area contributed by atoms with Gasteiger partial charge in [-0.25, -0.2) is 0 Å². The van der Waals surface area contributed by atoms with Gasteiger partial charge in [0.15, 0.2) is 0 Å². The largest absolute Gasteiger partial charge is 0.481 e. The van der Waals surface area contributed by atoms with Crippen molar-refractivity contribution in [2.24, 2.45) is 5.92 Å². The molecule has 9 heteroatoms. The predicted octanol–water partition coefficient (Wildman–Crippen LogP) is 2.53. The number of aliphatic carboxylic acids is 1. The van der Waals surface area contributed by atoms with E-state index >= 15 is 0 Å². The molecular formula is C27H41NO8. The number of rotatable bonds is 10. The van der Waals surface area contributed by atoms with Crippen LogP contribution in [-0.4, -0.2) is 84.1 Å². The molecule has 1 amide bonds. The van der Waals surface area contributed by atoms with Crippen molar-refractivity contribution in [2.45, 2.75) is 102 Å². The first kappa shape index (κ1) is 28.5. The van der Waals surface area contributed by atoms with E-state index in [4.69, 9.17) is 24.1 Å². The van der Waals surface area contributed by atoms with E-state index in [2.05, 4.69) is 18.3 Å². The van der Waals surface area contributed by atoms with Gasteiger partial charge in [-0.1, -0.05) is 36.8 Å². The number of methoxy groups -OCH3 is 1. The van der Waals surface area contributed by atoms with Crippen LogP contribution in [0.15, 0.2) is 36.0 Å². The molecule has 36 heavy (non-hydrogen) atoms. The molecule has 3 rings (SSSR count). The summed E-state index contributed by atoms with van der Waals surface area (Å²) in [6, 6.07) is -0.0585. The second-order valence-corrected chi connectivity index (χ2v) is 10.4. The summed E-state index contributed by atoms with van der Waals surface area (Å²) in [5.41, 5.74) is 0.309. The van der Waals surface area contributed by atoms with E-state index in [1.807, 2.05) is 26.8 Å². The van der Waals surface area contributed by atoms with Gasteiger partial charge in [0.05, 0.1) is 43.5 Å².